The summed E-state index contributed by atoms with van der Waals surface area (Å²) in [5, 5.41) is 4.27. The molecule has 21 heavy (non-hydrogen) atoms. The highest BCUT2D eigenvalue weighted by Crippen LogP contribution is 2.49. The second kappa shape index (κ2) is 5.69. The Morgan fingerprint density at radius 1 is 1.29 bits per heavy atom. The summed E-state index contributed by atoms with van der Waals surface area (Å²) in [6, 6.07) is 2.19. The lowest BCUT2D eigenvalue weighted by molar-refractivity contribution is 0.272. The molecule has 0 amide bonds. The highest BCUT2D eigenvalue weighted by molar-refractivity contribution is 6.31. The van der Waals surface area contributed by atoms with E-state index in [0.29, 0.717) is 13.2 Å². The molecule has 4 heteroatoms. The van der Waals surface area contributed by atoms with E-state index < -0.39 is 0 Å². The molecular formula is C17H24ClNO2. The molecule has 3 nitrogen and oxygen atoms in total. The van der Waals surface area contributed by atoms with E-state index in [4.69, 9.17) is 21.1 Å². The molecule has 0 aromatic heterocycles. The van der Waals surface area contributed by atoms with Crippen LogP contribution in [0.5, 0.6) is 11.5 Å². The summed E-state index contributed by atoms with van der Waals surface area (Å²) in [5.74, 6) is 1.71. The Morgan fingerprint density at radius 3 is 2.81 bits per heavy atom. The molecular weight excluding hydrogens is 286 g/mol. The normalized spacial score (nSPS) is 23.9. The van der Waals surface area contributed by atoms with Crippen LogP contribution in [0.4, 0.5) is 0 Å². The molecule has 0 fully saturated rings. The lowest BCUT2D eigenvalue weighted by Gasteiger charge is -2.27. The van der Waals surface area contributed by atoms with E-state index in [0.717, 1.165) is 42.2 Å². The van der Waals surface area contributed by atoms with Crippen LogP contribution in [0.2, 0.25) is 5.02 Å². The lowest BCUT2D eigenvalue weighted by atomic mass is 9.83. The first-order valence-corrected chi connectivity index (χ1v) is 8.18. The predicted octanol–water partition coefficient (Wildman–Crippen LogP) is 4.12. The molecule has 0 saturated heterocycles. The van der Waals surface area contributed by atoms with Gasteiger partial charge in [-0.1, -0.05) is 25.4 Å². The third-order valence-corrected chi connectivity index (χ3v) is 4.97. The zero-order valence-corrected chi connectivity index (χ0v) is 13.8. The molecule has 0 spiro atoms. The van der Waals surface area contributed by atoms with Gasteiger partial charge in [-0.15, -0.1) is 0 Å². The van der Waals surface area contributed by atoms with Gasteiger partial charge in [-0.2, -0.15) is 0 Å². The first-order chi connectivity index (χ1) is 10.0. The molecule has 2 aliphatic rings. The van der Waals surface area contributed by atoms with E-state index in [2.05, 4.69) is 19.2 Å². The monoisotopic (exact) mass is 309 g/mol. The van der Waals surface area contributed by atoms with Crippen LogP contribution >= 0.6 is 11.6 Å². The van der Waals surface area contributed by atoms with Gasteiger partial charge >= 0.3 is 0 Å². The molecule has 1 atom stereocenters. The van der Waals surface area contributed by atoms with Crippen LogP contribution in [0, 0.1) is 5.41 Å². The van der Waals surface area contributed by atoms with Crippen molar-refractivity contribution in [2.45, 2.75) is 45.6 Å². The van der Waals surface area contributed by atoms with Crippen molar-refractivity contribution in [2.75, 3.05) is 20.3 Å². The van der Waals surface area contributed by atoms with Crippen LogP contribution in [0.15, 0.2) is 6.07 Å². The average Bonchev–Trinajstić information content (AvgIpc) is 2.73. The summed E-state index contributed by atoms with van der Waals surface area (Å²) in [7, 11) is 2.01. The average molecular weight is 310 g/mol. The SMILES string of the molecule is CNC1CC(C)(C)CCc2c(Cl)cc3c(c21)OCCCO3. The van der Waals surface area contributed by atoms with Crippen molar-refractivity contribution in [2.24, 2.45) is 5.41 Å². The van der Waals surface area contributed by atoms with Gasteiger partial charge in [-0.25, -0.2) is 0 Å². The third-order valence-electron chi connectivity index (χ3n) is 4.64. The molecule has 0 radical (unpaired) electrons. The largest absolute Gasteiger partial charge is 0.489 e. The Morgan fingerprint density at radius 2 is 2.05 bits per heavy atom. The van der Waals surface area contributed by atoms with Crippen LogP contribution in [-0.2, 0) is 6.42 Å². The fourth-order valence-corrected chi connectivity index (χ4v) is 3.72. The zero-order valence-electron chi connectivity index (χ0n) is 13.1. The Kier molecular flexibility index (Phi) is 4.06. The van der Waals surface area contributed by atoms with Crippen molar-refractivity contribution in [1.82, 2.24) is 5.32 Å². The van der Waals surface area contributed by atoms with Gasteiger partial charge in [0, 0.05) is 29.1 Å². The third kappa shape index (κ3) is 2.86. The number of halogens is 1. The number of fused-ring (bicyclic) bond motifs is 3. The second-order valence-electron chi connectivity index (χ2n) is 6.84. The maximum absolute atomic E-state index is 6.56. The minimum Gasteiger partial charge on any atom is -0.489 e. The van der Waals surface area contributed by atoms with Crippen LogP contribution in [0.1, 0.15) is 50.3 Å². The van der Waals surface area contributed by atoms with E-state index in [1.54, 1.807) is 0 Å². The summed E-state index contributed by atoms with van der Waals surface area (Å²) >= 11 is 6.56. The topological polar surface area (TPSA) is 30.5 Å². The number of nitrogens with one attached hydrogen (secondary N) is 1. The molecule has 116 valence electrons. The fraction of sp³-hybridized carbons (Fsp3) is 0.647. The van der Waals surface area contributed by atoms with Crippen molar-refractivity contribution in [3.8, 4) is 11.5 Å². The maximum Gasteiger partial charge on any atom is 0.166 e. The summed E-state index contributed by atoms with van der Waals surface area (Å²) in [6.07, 6.45) is 4.12. The Balaban J connectivity index is 2.16. The van der Waals surface area contributed by atoms with Crippen LogP contribution in [0.25, 0.3) is 0 Å². The summed E-state index contributed by atoms with van der Waals surface area (Å²) in [4.78, 5) is 0. The second-order valence-corrected chi connectivity index (χ2v) is 7.25. The highest BCUT2D eigenvalue weighted by atomic mass is 35.5. The summed E-state index contributed by atoms with van der Waals surface area (Å²) < 4.78 is 11.9. The highest BCUT2D eigenvalue weighted by Gasteiger charge is 2.34. The van der Waals surface area contributed by atoms with Crippen LogP contribution < -0.4 is 14.8 Å². The summed E-state index contributed by atoms with van der Waals surface area (Å²) in [5.41, 5.74) is 2.73. The van der Waals surface area contributed by atoms with Gasteiger partial charge in [0.25, 0.3) is 0 Å². The van der Waals surface area contributed by atoms with E-state index >= 15 is 0 Å². The fourth-order valence-electron chi connectivity index (χ4n) is 3.43. The van der Waals surface area contributed by atoms with E-state index in [1.807, 2.05) is 13.1 Å². The van der Waals surface area contributed by atoms with Crippen molar-refractivity contribution < 1.29 is 9.47 Å². The van der Waals surface area contributed by atoms with E-state index in [9.17, 15) is 0 Å². The van der Waals surface area contributed by atoms with Gasteiger partial charge in [0.15, 0.2) is 11.5 Å². The minimum absolute atomic E-state index is 0.256. The van der Waals surface area contributed by atoms with Gasteiger partial charge in [-0.05, 0) is 37.3 Å². The van der Waals surface area contributed by atoms with Gasteiger partial charge in [-0.3, -0.25) is 0 Å². The van der Waals surface area contributed by atoms with Crippen LogP contribution in [-0.4, -0.2) is 20.3 Å². The smallest absolute Gasteiger partial charge is 0.166 e. The summed E-state index contributed by atoms with van der Waals surface area (Å²) in [6.45, 7) is 6.05. The first kappa shape index (κ1) is 15.0. The minimum atomic E-state index is 0.256. The van der Waals surface area contributed by atoms with Gasteiger partial charge < -0.3 is 14.8 Å². The molecule has 1 heterocycles. The standard InChI is InChI=1S/C17H24ClNO2/c1-17(2)6-5-11-12(18)9-14-16(21-8-4-7-20-14)15(11)13(10-17)19-3/h9,13,19H,4-8,10H2,1-3H3. The number of benzene rings is 1. The molecule has 1 aromatic carbocycles. The van der Waals surface area contributed by atoms with Crippen LogP contribution in [0.3, 0.4) is 0 Å². The quantitative estimate of drug-likeness (QED) is 0.791. The maximum atomic E-state index is 6.56. The molecule has 0 bridgehead atoms. The van der Waals surface area contributed by atoms with Crippen molar-refractivity contribution in [3.63, 3.8) is 0 Å². The zero-order chi connectivity index (χ0) is 15.0. The van der Waals surface area contributed by atoms with Crippen molar-refractivity contribution >= 4 is 11.6 Å². The molecule has 1 aliphatic heterocycles. The van der Waals surface area contributed by atoms with Gasteiger partial charge in [0.05, 0.1) is 13.2 Å². The van der Waals surface area contributed by atoms with Crippen molar-refractivity contribution in [3.05, 3.63) is 22.2 Å². The molecule has 1 unspecified atom stereocenters. The number of hydrogen-bond acceptors (Lipinski definition) is 3. The molecule has 0 saturated carbocycles. The number of rotatable bonds is 1. The van der Waals surface area contributed by atoms with Crippen molar-refractivity contribution in [1.29, 1.82) is 0 Å². The molecule has 3 rings (SSSR count). The predicted molar refractivity (Wildman–Crippen MR) is 85.6 cm³/mol. The van der Waals surface area contributed by atoms with Gasteiger partial charge in [0.1, 0.15) is 0 Å². The Labute approximate surface area is 132 Å². The molecule has 1 aromatic rings. The lowest BCUT2D eigenvalue weighted by Crippen LogP contribution is -2.23. The molecule has 1 N–H and O–H groups in total. The molecule has 1 aliphatic carbocycles. The van der Waals surface area contributed by atoms with E-state index in [-0.39, 0.29) is 11.5 Å². The Hall–Kier alpha value is -0.930. The Bertz CT molecular complexity index is 542. The van der Waals surface area contributed by atoms with E-state index in [1.165, 1.54) is 11.1 Å². The van der Waals surface area contributed by atoms with Gasteiger partial charge in [0.2, 0.25) is 0 Å². The number of ether oxygens (including phenoxy) is 2. The first-order valence-electron chi connectivity index (χ1n) is 7.80. The number of hydrogen-bond donors (Lipinski definition) is 1.